The van der Waals surface area contributed by atoms with Gasteiger partial charge in [-0.25, -0.2) is 4.79 Å². The summed E-state index contributed by atoms with van der Waals surface area (Å²) in [4.78, 5) is 28.5. The van der Waals surface area contributed by atoms with Crippen molar-refractivity contribution in [1.82, 2.24) is 19.6 Å². The third kappa shape index (κ3) is 4.59. The molecule has 0 N–H and O–H groups in total. The van der Waals surface area contributed by atoms with Crippen LogP contribution < -0.4 is 0 Å². The third-order valence-corrected chi connectivity index (χ3v) is 5.95. The maximum absolute atomic E-state index is 12.8. The second-order valence-corrected chi connectivity index (χ2v) is 8.27. The third-order valence-electron chi connectivity index (χ3n) is 5.95. The summed E-state index contributed by atoms with van der Waals surface area (Å²) in [6, 6.07) is 18.5. The van der Waals surface area contributed by atoms with Gasteiger partial charge in [-0.1, -0.05) is 48.5 Å². The van der Waals surface area contributed by atoms with E-state index in [0.29, 0.717) is 12.2 Å². The molecule has 1 atom stereocenters. The molecule has 0 saturated carbocycles. The van der Waals surface area contributed by atoms with Crippen LogP contribution in [0.25, 0.3) is 11.1 Å². The quantitative estimate of drug-likeness (QED) is 0.597. The van der Waals surface area contributed by atoms with Crippen LogP contribution in [0.1, 0.15) is 35.5 Å². The lowest BCUT2D eigenvalue weighted by atomic mass is 9.99. The lowest BCUT2D eigenvalue weighted by Crippen LogP contribution is -2.54. The Bertz CT molecular complexity index is 1090. The van der Waals surface area contributed by atoms with E-state index in [0.717, 1.165) is 19.6 Å². The molecule has 1 aliphatic rings. The second kappa shape index (κ2) is 8.86. The average Bonchev–Trinajstić information content (AvgIpc) is 3.26. The number of aryl methyl sites for hydroxylation is 1. The fraction of sp³-hybridized carbons (Fsp3) is 0.320. The molecule has 1 aromatic heterocycles. The first-order valence-corrected chi connectivity index (χ1v) is 10.7. The number of benzene rings is 2. The molecule has 0 bridgehead atoms. The number of nitrogens with zero attached hydrogens (tertiary/aromatic N) is 4. The molecule has 1 saturated heterocycles. The van der Waals surface area contributed by atoms with Crippen LogP contribution in [0.2, 0.25) is 0 Å². The summed E-state index contributed by atoms with van der Waals surface area (Å²) < 4.78 is 1.27. The highest BCUT2D eigenvalue weighted by molar-refractivity contribution is 5.92. The molecule has 0 radical (unpaired) electrons. The Morgan fingerprint density at radius 3 is 2.45 bits per heavy atom. The highest BCUT2D eigenvalue weighted by atomic mass is 16.2. The molecular formula is C25H28N4O2. The first kappa shape index (κ1) is 21.0. The van der Waals surface area contributed by atoms with E-state index >= 15 is 0 Å². The van der Waals surface area contributed by atoms with Gasteiger partial charge in [0.05, 0.1) is 0 Å². The van der Waals surface area contributed by atoms with Gasteiger partial charge >= 0.3 is 6.03 Å². The molecule has 2 aromatic carbocycles. The summed E-state index contributed by atoms with van der Waals surface area (Å²) in [6.45, 7) is 8.77. The lowest BCUT2D eigenvalue weighted by Gasteiger charge is -2.39. The molecule has 1 fully saturated rings. The van der Waals surface area contributed by atoms with Crippen molar-refractivity contribution >= 4 is 11.8 Å². The van der Waals surface area contributed by atoms with Gasteiger partial charge in [0.15, 0.2) is 5.78 Å². The standard InChI is InChI=1S/C25H28N4O2/c1-18-15-22(21-7-5-4-6-8-21)9-10-23(18)17-27-13-14-28(19(2)16-27)25(31)29-12-11-24(26-29)20(3)30/h4-12,15,19H,13-14,16-17H2,1-3H3. The van der Waals surface area contributed by atoms with Crippen LogP contribution in [0.3, 0.4) is 0 Å². The van der Waals surface area contributed by atoms with Gasteiger partial charge in [0, 0.05) is 45.3 Å². The van der Waals surface area contributed by atoms with Crippen molar-refractivity contribution in [2.24, 2.45) is 0 Å². The first-order chi connectivity index (χ1) is 14.9. The minimum atomic E-state index is -0.178. The number of rotatable bonds is 4. The second-order valence-electron chi connectivity index (χ2n) is 8.27. The Morgan fingerprint density at radius 2 is 1.81 bits per heavy atom. The number of aromatic nitrogens is 2. The van der Waals surface area contributed by atoms with Crippen molar-refractivity contribution < 1.29 is 9.59 Å². The number of hydrogen-bond donors (Lipinski definition) is 0. The van der Waals surface area contributed by atoms with Crippen LogP contribution in [0.4, 0.5) is 4.79 Å². The van der Waals surface area contributed by atoms with Gasteiger partial charge < -0.3 is 4.90 Å². The number of ketones is 1. The smallest absolute Gasteiger partial charge is 0.318 e. The maximum Gasteiger partial charge on any atom is 0.344 e. The molecule has 4 rings (SSSR count). The van der Waals surface area contributed by atoms with Gasteiger partial charge in [-0.3, -0.25) is 9.69 Å². The van der Waals surface area contributed by atoms with Gasteiger partial charge in [-0.15, -0.1) is 0 Å². The summed E-state index contributed by atoms with van der Waals surface area (Å²) in [5.41, 5.74) is 5.36. The van der Waals surface area contributed by atoms with E-state index in [2.05, 4.69) is 66.3 Å². The van der Waals surface area contributed by atoms with Gasteiger partial charge in [0.25, 0.3) is 0 Å². The summed E-state index contributed by atoms with van der Waals surface area (Å²) in [6.07, 6.45) is 1.57. The summed E-state index contributed by atoms with van der Waals surface area (Å²) >= 11 is 0. The van der Waals surface area contributed by atoms with Crippen LogP contribution >= 0.6 is 0 Å². The Hall–Kier alpha value is -3.25. The van der Waals surface area contributed by atoms with Crippen molar-refractivity contribution in [2.75, 3.05) is 19.6 Å². The molecule has 6 nitrogen and oxygen atoms in total. The van der Waals surface area contributed by atoms with Crippen LogP contribution in [0.15, 0.2) is 60.8 Å². The summed E-state index contributed by atoms with van der Waals surface area (Å²) in [5, 5.41) is 4.11. The van der Waals surface area contributed by atoms with Crippen molar-refractivity contribution in [3.05, 3.63) is 77.6 Å². The lowest BCUT2D eigenvalue weighted by molar-refractivity contribution is 0.0964. The minimum Gasteiger partial charge on any atom is -0.318 e. The molecule has 1 aliphatic heterocycles. The van der Waals surface area contributed by atoms with Crippen LogP contribution in [0.5, 0.6) is 0 Å². The number of carbonyl (C=O) groups excluding carboxylic acids is 2. The number of amides is 1. The molecule has 0 aliphatic carbocycles. The Morgan fingerprint density at radius 1 is 1.03 bits per heavy atom. The van der Waals surface area contributed by atoms with Crippen LogP contribution in [0, 0.1) is 6.92 Å². The van der Waals surface area contributed by atoms with E-state index in [1.807, 2.05) is 11.0 Å². The van der Waals surface area contributed by atoms with E-state index in [4.69, 9.17) is 0 Å². The summed E-state index contributed by atoms with van der Waals surface area (Å²) in [7, 11) is 0. The predicted octanol–water partition coefficient (Wildman–Crippen LogP) is 4.24. The van der Waals surface area contributed by atoms with E-state index in [1.54, 1.807) is 12.3 Å². The van der Waals surface area contributed by atoms with Crippen molar-refractivity contribution in [3.8, 4) is 11.1 Å². The zero-order valence-corrected chi connectivity index (χ0v) is 18.3. The molecule has 0 spiro atoms. The SMILES string of the molecule is CC(=O)c1ccn(C(=O)N2CCN(Cc3ccc(-c4ccccc4)cc3C)CC2C)n1. The minimum absolute atomic E-state index is 0.0649. The van der Waals surface area contributed by atoms with Crippen molar-refractivity contribution in [3.63, 3.8) is 0 Å². The average molecular weight is 417 g/mol. The van der Waals surface area contributed by atoms with E-state index in [1.165, 1.54) is 33.9 Å². The number of carbonyl (C=O) groups is 2. The van der Waals surface area contributed by atoms with Gasteiger partial charge in [-0.2, -0.15) is 9.78 Å². The van der Waals surface area contributed by atoms with E-state index in [9.17, 15) is 9.59 Å². The molecule has 3 aromatic rings. The first-order valence-electron chi connectivity index (χ1n) is 10.7. The largest absolute Gasteiger partial charge is 0.344 e. The Labute approximate surface area is 183 Å². The normalized spacial score (nSPS) is 17.0. The molecule has 1 amide bonds. The van der Waals surface area contributed by atoms with Crippen molar-refractivity contribution in [1.29, 1.82) is 0 Å². The topological polar surface area (TPSA) is 58.4 Å². The van der Waals surface area contributed by atoms with Gasteiger partial charge in [0.1, 0.15) is 5.69 Å². The highest BCUT2D eigenvalue weighted by Crippen LogP contribution is 2.23. The van der Waals surface area contributed by atoms with Crippen LogP contribution in [-0.4, -0.2) is 57.1 Å². The predicted molar refractivity (Wildman–Crippen MR) is 121 cm³/mol. The monoisotopic (exact) mass is 416 g/mol. The Kier molecular flexibility index (Phi) is 6.00. The maximum atomic E-state index is 12.8. The highest BCUT2D eigenvalue weighted by Gasteiger charge is 2.29. The zero-order chi connectivity index (χ0) is 22.0. The van der Waals surface area contributed by atoms with E-state index < -0.39 is 0 Å². The fourth-order valence-corrected chi connectivity index (χ4v) is 4.14. The Balaban J connectivity index is 1.40. The number of hydrogen-bond acceptors (Lipinski definition) is 4. The van der Waals surface area contributed by atoms with Gasteiger partial charge in [0.2, 0.25) is 0 Å². The molecular weight excluding hydrogens is 388 g/mol. The molecule has 6 heteroatoms. The molecule has 31 heavy (non-hydrogen) atoms. The molecule has 1 unspecified atom stereocenters. The zero-order valence-electron chi connectivity index (χ0n) is 18.3. The van der Waals surface area contributed by atoms with Crippen LogP contribution in [-0.2, 0) is 6.54 Å². The summed E-state index contributed by atoms with van der Waals surface area (Å²) in [5.74, 6) is -0.141. The number of Topliss-reactive ketones (excluding diaryl/α,β-unsaturated/α-hetero) is 1. The fourth-order valence-electron chi connectivity index (χ4n) is 4.14. The molecule has 160 valence electrons. The van der Waals surface area contributed by atoms with Gasteiger partial charge in [-0.05, 0) is 42.2 Å². The van der Waals surface area contributed by atoms with E-state index in [-0.39, 0.29) is 17.9 Å². The number of piperazine rings is 1. The molecule has 2 heterocycles. The van der Waals surface area contributed by atoms with Crippen molar-refractivity contribution in [2.45, 2.75) is 33.4 Å².